The molecule has 0 atom stereocenters. The van der Waals surface area contributed by atoms with E-state index in [1.54, 1.807) is 13.8 Å². The molecular formula is C14H22NO4P. The van der Waals surface area contributed by atoms with E-state index in [-0.39, 0.29) is 19.1 Å². The molecule has 0 saturated carbocycles. The van der Waals surface area contributed by atoms with Gasteiger partial charge in [0.15, 0.2) is 0 Å². The summed E-state index contributed by atoms with van der Waals surface area (Å²) in [5, 5.41) is 4.01. The molecule has 0 unspecified atom stereocenters. The zero-order valence-corrected chi connectivity index (χ0v) is 13.3. The van der Waals surface area contributed by atoms with Gasteiger partial charge in [0.2, 0.25) is 0 Å². The minimum atomic E-state index is -3.62. The molecule has 5 nitrogen and oxygen atoms in total. The van der Waals surface area contributed by atoms with Gasteiger partial charge in [-0.3, -0.25) is 13.7 Å². The number of hydrogen-bond acceptors (Lipinski definition) is 5. The second-order valence-electron chi connectivity index (χ2n) is 4.36. The molecular weight excluding hydrogens is 277 g/mol. The third-order valence-corrected chi connectivity index (χ3v) is 3.86. The van der Waals surface area contributed by atoms with Gasteiger partial charge < -0.3 is 0 Å². The average Bonchev–Trinajstić information content (AvgIpc) is 2.40. The van der Waals surface area contributed by atoms with Gasteiger partial charge in [-0.2, -0.15) is 0 Å². The molecule has 0 radical (unpaired) electrons. The Labute approximate surface area is 120 Å². The molecule has 0 amide bonds. The summed E-state index contributed by atoms with van der Waals surface area (Å²) in [6.07, 6.45) is 0. The number of oxime groups is 1. The SMILES string of the molecule is CCOP(=O)(OCC)O/N=C(/c1ccccc1)C(C)C. The lowest BCUT2D eigenvalue weighted by Gasteiger charge is -2.15. The van der Waals surface area contributed by atoms with Gasteiger partial charge in [-0.25, -0.2) is 4.57 Å². The van der Waals surface area contributed by atoms with E-state index in [0.29, 0.717) is 5.71 Å². The van der Waals surface area contributed by atoms with Crippen molar-refractivity contribution in [2.24, 2.45) is 11.1 Å². The van der Waals surface area contributed by atoms with Crippen molar-refractivity contribution >= 4 is 13.5 Å². The highest BCUT2D eigenvalue weighted by atomic mass is 31.2. The quantitative estimate of drug-likeness (QED) is 0.409. The number of phosphoric ester groups is 1. The molecule has 20 heavy (non-hydrogen) atoms. The summed E-state index contributed by atoms with van der Waals surface area (Å²) in [5.41, 5.74) is 1.62. The fourth-order valence-electron chi connectivity index (χ4n) is 1.59. The first-order valence-corrected chi connectivity index (χ1v) is 8.19. The van der Waals surface area contributed by atoms with Crippen molar-refractivity contribution in [2.45, 2.75) is 27.7 Å². The van der Waals surface area contributed by atoms with Gasteiger partial charge in [0, 0.05) is 0 Å². The lowest BCUT2D eigenvalue weighted by atomic mass is 10.0. The van der Waals surface area contributed by atoms with Crippen molar-refractivity contribution < 1.29 is 18.2 Å². The topological polar surface area (TPSA) is 57.1 Å². The molecule has 1 aromatic rings. The summed E-state index contributed by atoms with van der Waals surface area (Å²) in [6.45, 7) is 7.88. The first-order chi connectivity index (χ1) is 9.52. The van der Waals surface area contributed by atoms with Crippen LogP contribution in [0.15, 0.2) is 35.5 Å². The van der Waals surface area contributed by atoms with Crippen molar-refractivity contribution in [3.63, 3.8) is 0 Å². The molecule has 0 N–H and O–H groups in total. The number of rotatable bonds is 8. The van der Waals surface area contributed by atoms with Gasteiger partial charge in [-0.05, 0) is 25.3 Å². The van der Waals surface area contributed by atoms with E-state index in [0.717, 1.165) is 5.56 Å². The predicted molar refractivity (Wildman–Crippen MR) is 79.8 cm³/mol. The van der Waals surface area contributed by atoms with Gasteiger partial charge >= 0.3 is 7.82 Å². The van der Waals surface area contributed by atoms with Crippen LogP contribution in [0.25, 0.3) is 0 Å². The van der Waals surface area contributed by atoms with Crippen LogP contribution in [-0.2, 0) is 18.2 Å². The summed E-state index contributed by atoms with van der Waals surface area (Å²) in [5.74, 6) is 0.120. The van der Waals surface area contributed by atoms with Gasteiger partial charge in [0.25, 0.3) is 0 Å². The van der Waals surface area contributed by atoms with E-state index in [4.69, 9.17) is 13.7 Å². The van der Waals surface area contributed by atoms with Crippen LogP contribution in [0.2, 0.25) is 0 Å². The highest BCUT2D eigenvalue weighted by molar-refractivity contribution is 7.48. The molecule has 0 aliphatic heterocycles. The molecule has 0 bridgehead atoms. The molecule has 6 heteroatoms. The first kappa shape index (κ1) is 16.9. The second kappa shape index (κ2) is 8.20. The standard InChI is InChI=1S/C14H22NO4P/c1-5-17-20(16,18-6-2)19-15-14(12(3)4)13-10-8-7-9-11-13/h7-12H,5-6H2,1-4H3/b15-14+. The zero-order valence-electron chi connectivity index (χ0n) is 12.4. The van der Waals surface area contributed by atoms with Gasteiger partial charge in [-0.15, -0.1) is 0 Å². The maximum absolute atomic E-state index is 12.2. The average molecular weight is 299 g/mol. The molecule has 0 aliphatic rings. The third kappa shape index (κ3) is 5.08. The summed E-state index contributed by atoms with van der Waals surface area (Å²) < 4.78 is 27.4. The van der Waals surface area contributed by atoms with Gasteiger partial charge in [-0.1, -0.05) is 49.3 Å². The Morgan fingerprint density at radius 2 is 1.70 bits per heavy atom. The molecule has 112 valence electrons. The smallest absolute Gasteiger partial charge is 0.292 e. The zero-order chi connectivity index (χ0) is 15.0. The van der Waals surface area contributed by atoms with E-state index in [1.807, 2.05) is 44.2 Å². The monoisotopic (exact) mass is 299 g/mol. The van der Waals surface area contributed by atoms with Crippen LogP contribution in [0.5, 0.6) is 0 Å². The Bertz CT molecular complexity index is 463. The van der Waals surface area contributed by atoms with Crippen LogP contribution in [0.1, 0.15) is 33.3 Å². The highest BCUT2D eigenvalue weighted by Gasteiger charge is 2.27. The maximum Gasteiger partial charge on any atom is 0.550 e. The van der Waals surface area contributed by atoms with Crippen LogP contribution in [0.3, 0.4) is 0 Å². The fourth-order valence-corrected chi connectivity index (χ4v) is 2.58. The molecule has 0 saturated heterocycles. The van der Waals surface area contributed by atoms with Crippen LogP contribution >= 0.6 is 7.82 Å². The van der Waals surface area contributed by atoms with Gasteiger partial charge in [0.05, 0.1) is 18.9 Å². The van der Waals surface area contributed by atoms with Crippen LogP contribution in [0.4, 0.5) is 0 Å². The second-order valence-corrected chi connectivity index (χ2v) is 5.94. The first-order valence-electron chi connectivity index (χ1n) is 6.73. The third-order valence-electron chi connectivity index (χ3n) is 2.43. The largest absolute Gasteiger partial charge is 0.550 e. The normalized spacial score (nSPS) is 12.8. The van der Waals surface area contributed by atoms with Crippen molar-refractivity contribution in [3.8, 4) is 0 Å². The van der Waals surface area contributed by atoms with E-state index < -0.39 is 7.82 Å². The van der Waals surface area contributed by atoms with Gasteiger partial charge in [0.1, 0.15) is 0 Å². The molecule has 0 heterocycles. The molecule has 0 aromatic heterocycles. The predicted octanol–water partition coefficient (Wildman–Crippen LogP) is 4.24. The Balaban J connectivity index is 2.95. The van der Waals surface area contributed by atoms with Crippen LogP contribution < -0.4 is 0 Å². The Kier molecular flexibility index (Phi) is 6.93. The van der Waals surface area contributed by atoms with Crippen molar-refractivity contribution in [3.05, 3.63) is 35.9 Å². The number of nitrogens with zero attached hydrogens (tertiary/aromatic N) is 1. The molecule has 0 fully saturated rings. The maximum atomic E-state index is 12.2. The Morgan fingerprint density at radius 3 is 2.15 bits per heavy atom. The van der Waals surface area contributed by atoms with Crippen LogP contribution in [-0.4, -0.2) is 18.9 Å². The molecule has 0 aliphatic carbocycles. The van der Waals surface area contributed by atoms with E-state index in [9.17, 15) is 4.57 Å². The van der Waals surface area contributed by atoms with Crippen molar-refractivity contribution in [2.75, 3.05) is 13.2 Å². The minimum Gasteiger partial charge on any atom is -0.292 e. The summed E-state index contributed by atoms with van der Waals surface area (Å²) in [4.78, 5) is 0. The molecule has 1 rings (SSSR count). The summed E-state index contributed by atoms with van der Waals surface area (Å²) in [6, 6.07) is 9.60. The molecule has 1 aromatic carbocycles. The van der Waals surface area contributed by atoms with E-state index >= 15 is 0 Å². The number of hydrogen-bond donors (Lipinski definition) is 0. The molecule has 0 spiro atoms. The number of benzene rings is 1. The number of phosphoric acid groups is 1. The summed E-state index contributed by atoms with van der Waals surface area (Å²) in [7, 11) is -3.62. The minimum absolute atomic E-state index is 0.120. The fraction of sp³-hybridized carbons (Fsp3) is 0.500. The van der Waals surface area contributed by atoms with Crippen LogP contribution in [0, 0.1) is 5.92 Å². The lowest BCUT2D eigenvalue weighted by Crippen LogP contribution is -2.10. The Morgan fingerprint density at radius 1 is 1.15 bits per heavy atom. The lowest BCUT2D eigenvalue weighted by molar-refractivity contribution is 0.124. The highest BCUT2D eigenvalue weighted by Crippen LogP contribution is 2.49. The van der Waals surface area contributed by atoms with E-state index in [2.05, 4.69) is 5.16 Å². The van der Waals surface area contributed by atoms with E-state index in [1.165, 1.54) is 0 Å². The Hall–Kier alpha value is -1.16. The van der Waals surface area contributed by atoms with Crippen molar-refractivity contribution in [1.82, 2.24) is 0 Å². The summed E-state index contributed by atoms with van der Waals surface area (Å²) >= 11 is 0. The van der Waals surface area contributed by atoms with Crippen molar-refractivity contribution in [1.29, 1.82) is 0 Å².